The van der Waals surface area contributed by atoms with Gasteiger partial charge in [-0.25, -0.2) is 4.98 Å². The van der Waals surface area contributed by atoms with E-state index >= 15 is 0 Å². The molecule has 5 nitrogen and oxygen atoms in total. The molecule has 128 valence electrons. The molecule has 1 aromatic heterocycles. The Morgan fingerprint density at radius 1 is 1.16 bits per heavy atom. The number of aromatic nitrogens is 2. The summed E-state index contributed by atoms with van der Waals surface area (Å²) >= 11 is 0. The zero-order valence-corrected chi connectivity index (χ0v) is 14.1. The second kappa shape index (κ2) is 7.07. The lowest BCUT2D eigenvalue weighted by molar-refractivity contribution is -0.122. The number of hydrogen-bond donors (Lipinski definition) is 2. The Balaban J connectivity index is 1.37. The Bertz CT molecular complexity index is 863. The number of nitrogens with one attached hydrogen (secondary N) is 2. The molecule has 1 aliphatic heterocycles. The van der Waals surface area contributed by atoms with E-state index in [2.05, 4.69) is 50.5 Å². The molecule has 2 heterocycles. The molecule has 1 unspecified atom stereocenters. The molecule has 0 aliphatic carbocycles. The molecule has 0 spiro atoms. The predicted molar refractivity (Wildman–Crippen MR) is 98.1 cm³/mol. The summed E-state index contributed by atoms with van der Waals surface area (Å²) in [5, 5.41) is 6.23. The van der Waals surface area contributed by atoms with Gasteiger partial charge in [-0.15, -0.1) is 0 Å². The Kier molecular flexibility index (Phi) is 4.48. The average molecular weight is 334 g/mol. The summed E-state index contributed by atoms with van der Waals surface area (Å²) in [6.45, 7) is 2.31. The molecular weight excluding hydrogens is 312 g/mol. The van der Waals surface area contributed by atoms with Crippen LogP contribution in [-0.4, -0.2) is 28.0 Å². The smallest absolute Gasteiger partial charge is 0.237 e. The van der Waals surface area contributed by atoms with Gasteiger partial charge in [-0.05, 0) is 42.6 Å². The minimum Gasteiger partial charge on any atom is -0.351 e. The molecule has 5 heteroatoms. The predicted octanol–water partition coefficient (Wildman–Crippen LogP) is 2.45. The molecule has 3 aromatic rings. The second-order valence-corrected chi connectivity index (χ2v) is 6.54. The van der Waals surface area contributed by atoms with Crippen LogP contribution in [0.4, 0.5) is 0 Å². The van der Waals surface area contributed by atoms with E-state index in [1.54, 1.807) is 0 Å². The van der Waals surface area contributed by atoms with Crippen molar-refractivity contribution >= 4 is 16.9 Å². The van der Waals surface area contributed by atoms with Crippen molar-refractivity contribution in [3.63, 3.8) is 0 Å². The molecule has 0 radical (unpaired) electrons. The summed E-state index contributed by atoms with van der Waals surface area (Å²) in [5.74, 6) is 0.103. The number of amides is 1. The van der Waals surface area contributed by atoms with Crippen molar-refractivity contribution in [1.29, 1.82) is 0 Å². The highest BCUT2D eigenvalue weighted by molar-refractivity contribution is 5.82. The topological polar surface area (TPSA) is 59.0 Å². The Labute approximate surface area is 147 Å². The summed E-state index contributed by atoms with van der Waals surface area (Å²) in [6, 6.07) is 16.5. The summed E-state index contributed by atoms with van der Waals surface area (Å²) in [4.78, 5) is 16.5. The van der Waals surface area contributed by atoms with Crippen LogP contribution in [0.25, 0.3) is 11.0 Å². The van der Waals surface area contributed by atoms with Crippen LogP contribution in [-0.2, 0) is 17.9 Å². The summed E-state index contributed by atoms with van der Waals surface area (Å²) < 4.78 is 2.15. The summed E-state index contributed by atoms with van der Waals surface area (Å²) in [5.41, 5.74) is 4.49. The highest BCUT2D eigenvalue weighted by Gasteiger charge is 2.21. The SMILES string of the molecule is O=C(NCc1ccc(Cn2cnc3ccccc32)cc1)C1CCCN1. The van der Waals surface area contributed by atoms with Crippen LogP contribution in [0.3, 0.4) is 0 Å². The van der Waals surface area contributed by atoms with Gasteiger partial charge in [-0.1, -0.05) is 36.4 Å². The molecule has 1 aliphatic rings. The van der Waals surface area contributed by atoms with E-state index in [9.17, 15) is 4.79 Å². The van der Waals surface area contributed by atoms with Crippen LogP contribution in [0.15, 0.2) is 54.9 Å². The van der Waals surface area contributed by atoms with E-state index in [0.717, 1.165) is 42.5 Å². The average Bonchev–Trinajstić information content (AvgIpc) is 3.32. The molecule has 1 saturated heterocycles. The number of fused-ring (bicyclic) bond motifs is 1. The van der Waals surface area contributed by atoms with Crippen LogP contribution in [0, 0.1) is 0 Å². The van der Waals surface area contributed by atoms with Crippen molar-refractivity contribution in [1.82, 2.24) is 20.2 Å². The summed E-state index contributed by atoms with van der Waals surface area (Å²) in [7, 11) is 0. The van der Waals surface area contributed by atoms with Crippen LogP contribution >= 0.6 is 0 Å². The summed E-state index contributed by atoms with van der Waals surface area (Å²) in [6.07, 6.45) is 3.90. The monoisotopic (exact) mass is 334 g/mol. The molecule has 0 saturated carbocycles. The first-order chi connectivity index (χ1) is 12.3. The fourth-order valence-electron chi connectivity index (χ4n) is 3.32. The molecule has 1 amide bonds. The number of imidazole rings is 1. The van der Waals surface area contributed by atoms with Gasteiger partial charge >= 0.3 is 0 Å². The Morgan fingerprint density at radius 2 is 1.96 bits per heavy atom. The van der Waals surface area contributed by atoms with Crippen molar-refractivity contribution in [3.8, 4) is 0 Å². The first-order valence-corrected chi connectivity index (χ1v) is 8.78. The van der Waals surface area contributed by atoms with Crippen LogP contribution in [0.5, 0.6) is 0 Å². The zero-order valence-electron chi connectivity index (χ0n) is 14.1. The van der Waals surface area contributed by atoms with Crippen molar-refractivity contribution in [2.75, 3.05) is 6.54 Å². The van der Waals surface area contributed by atoms with E-state index in [1.165, 1.54) is 5.56 Å². The first-order valence-electron chi connectivity index (χ1n) is 8.78. The number of para-hydroxylation sites is 2. The Morgan fingerprint density at radius 3 is 2.76 bits per heavy atom. The number of hydrogen-bond acceptors (Lipinski definition) is 3. The van der Waals surface area contributed by atoms with Crippen molar-refractivity contribution < 1.29 is 4.79 Å². The van der Waals surface area contributed by atoms with Gasteiger partial charge in [0.25, 0.3) is 0 Å². The van der Waals surface area contributed by atoms with Gasteiger partial charge in [0.1, 0.15) is 0 Å². The van der Waals surface area contributed by atoms with E-state index in [4.69, 9.17) is 0 Å². The molecule has 2 aromatic carbocycles. The third-order valence-electron chi connectivity index (χ3n) is 4.75. The number of nitrogens with zero attached hydrogens (tertiary/aromatic N) is 2. The Hall–Kier alpha value is -2.66. The molecule has 2 N–H and O–H groups in total. The van der Waals surface area contributed by atoms with Crippen molar-refractivity contribution in [2.24, 2.45) is 0 Å². The van der Waals surface area contributed by atoms with Gasteiger partial charge in [-0.2, -0.15) is 0 Å². The van der Waals surface area contributed by atoms with E-state index in [1.807, 2.05) is 24.5 Å². The maximum Gasteiger partial charge on any atom is 0.237 e. The third kappa shape index (κ3) is 3.56. The first kappa shape index (κ1) is 15.8. The number of carbonyl (C=O) groups excluding carboxylic acids is 1. The zero-order chi connectivity index (χ0) is 17.1. The fourth-order valence-corrected chi connectivity index (χ4v) is 3.32. The lowest BCUT2D eigenvalue weighted by Gasteiger charge is -2.11. The van der Waals surface area contributed by atoms with Crippen LogP contribution < -0.4 is 10.6 Å². The molecule has 1 fully saturated rings. The number of rotatable bonds is 5. The molecule has 1 atom stereocenters. The highest BCUT2D eigenvalue weighted by Crippen LogP contribution is 2.14. The molecular formula is C20H22N4O. The largest absolute Gasteiger partial charge is 0.351 e. The van der Waals surface area contributed by atoms with E-state index < -0.39 is 0 Å². The number of benzene rings is 2. The molecule has 25 heavy (non-hydrogen) atoms. The van der Waals surface area contributed by atoms with E-state index in [-0.39, 0.29) is 11.9 Å². The quantitative estimate of drug-likeness (QED) is 0.753. The van der Waals surface area contributed by atoms with Gasteiger partial charge in [-0.3, -0.25) is 4.79 Å². The highest BCUT2D eigenvalue weighted by atomic mass is 16.2. The maximum absolute atomic E-state index is 12.0. The lowest BCUT2D eigenvalue weighted by atomic mass is 10.1. The second-order valence-electron chi connectivity index (χ2n) is 6.54. The maximum atomic E-state index is 12.0. The van der Waals surface area contributed by atoms with Gasteiger partial charge in [0.05, 0.1) is 23.4 Å². The minimum atomic E-state index is -0.0196. The third-order valence-corrected chi connectivity index (χ3v) is 4.75. The van der Waals surface area contributed by atoms with Gasteiger partial charge < -0.3 is 15.2 Å². The minimum absolute atomic E-state index is 0.0196. The van der Waals surface area contributed by atoms with Gasteiger partial charge in [0.15, 0.2) is 0 Å². The standard InChI is InChI=1S/C20H22N4O/c25-20(18-5-3-11-21-18)22-12-15-7-9-16(10-8-15)13-24-14-23-17-4-1-2-6-19(17)24/h1-2,4,6-10,14,18,21H,3,5,11-13H2,(H,22,25). The van der Waals surface area contributed by atoms with Gasteiger partial charge in [0, 0.05) is 13.1 Å². The molecule has 0 bridgehead atoms. The fraction of sp³-hybridized carbons (Fsp3) is 0.300. The van der Waals surface area contributed by atoms with Gasteiger partial charge in [0.2, 0.25) is 5.91 Å². The lowest BCUT2D eigenvalue weighted by Crippen LogP contribution is -2.39. The van der Waals surface area contributed by atoms with Crippen LogP contribution in [0.2, 0.25) is 0 Å². The van der Waals surface area contributed by atoms with E-state index in [0.29, 0.717) is 6.54 Å². The number of carbonyl (C=O) groups is 1. The molecule has 4 rings (SSSR count). The van der Waals surface area contributed by atoms with Crippen LogP contribution in [0.1, 0.15) is 24.0 Å². The normalized spacial score (nSPS) is 17.0. The van der Waals surface area contributed by atoms with Crippen molar-refractivity contribution in [2.45, 2.75) is 32.0 Å². The van der Waals surface area contributed by atoms with Crippen molar-refractivity contribution in [3.05, 3.63) is 66.0 Å².